The maximum atomic E-state index is 12.5. The van der Waals surface area contributed by atoms with Gasteiger partial charge in [0.05, 0.1) is 25.5 Å². The lowest BCUT2D eigenvalue weighted by atomic mass is 10.1. The fourth-order valence-corrected chi connectivity index (χ4v) is 3.27. The van der Waals surface area contributed by atoms with E-state index in [9.17, 15) is 13.2 Å². The molecule has 1 rings (SSSR count). The fourth-order valence-electron chi connectivity index (χ4n) is 2.43. The lowest BCUT2D eigenvalue weighted by Crippen LogP contribution is -2.49. The van der Waals surface area contributed by atoms with Crippen LogP contribution in [0.25, 0.3) is 0 Å². The number of allylic oxidation sites excluding steroid dienone is 1. The van der Waals surface area contributed by atoms with Crippen molar-refractivity contribution in [3.8, 4) is 0 Å². The molecule has 0 saturated carbocycles. The van der Waals surface area contributed by atoms with Gasteiger partial charge in [-0.2, -0.15) is 8.42 Å². The van der Waals surface area contributed by atoms with Gasteiger partial charge in [-0.1, -0.05) is 22.0 Å². The summed E-state index contributed by atoms with van der Waals surface area (Å²) in [6.45, 7) is 9.53. The van der Waals surface area contributed by atoms with Gasteiger partial charge in [0, 0.05) is 4.48 Å². The number of halogens is 1. The summed E-state index contributed by atoms with van der Waals surface area (Å²) < 4.78 is 38.5. The Bertz CT molecular complexity index is 609. The minimum Gasteiger partial charge on any atom is -0.444 e. The minimum atomic E-state index is -3.47. The highest BCUT2D eigenvalue weighted by Gasteiger charge is 2.45. The molecule has 0 radical (unpaired) electrons. The van der Waals surface area contributed by atoms with Crippen molar-refractivity contribution in [1.29, 1.82) is 0 Å². The largest absolute Gasteiger partial charge is 0.444 e. The lowest BCUT2D eigenvalue weighted by molar-refractivity contribution is -0.0626. The zero-order valence-corrected chi connectivity index (χ0v) is 18.1. The van der Waals surface area contributed by atoms with Crippen LogP contribution in [0.4, 0.5) is 4.79 Å². The molecule has 25 heavy (non-hydrogen) atoms. The number of hydrogen-bond acceptors (Lipinski definition) is 6. The van der Waals surface area contributed by atoms with Crippen LogP contribution >= 0.6 is 15.9 Å². The Morgan fingerprint density at radius 3 is 2.52 bits per heavy atom. The SMILES string of the molecule is CC(C)(C)OC(=O)N1[C@H](CC/C=C(\Br)COS(C)(=O)=O)COC1(C)C. The molecule has 1 amide bonds. The van der Waals surface area contributed by atoms with E-state index >= 15 is 0 Å². The molecule has 0 aliphatic carbocycles. The van der Waals surface area contributed by atoms with Gasteiger partial charge in [-0.15, -0.1) is 0 Å². The molecular weight excluding hydrogens is 414 g/mol. The Morgan fingerprint density at radius 2 is 2.00 bits per heavy atom. The molecule has 0 spiro atoms. The van der Waals surface area contributed by atoms with Crippen molar-refractivity contribution in [2.45, 2.75) is 64.8 Å². The third-order valence-electron chi connectivity index (χ3n) is 3.44. The monoisotopic (exact) mass is 441 g/mol. The van der Waals surface area contributed by atoms with Crippen molar-refractivity contribution in [3.63, 3.8) is 0 Å². The van der Waals surface area contributed by atoms with E-state index < -0.39 is 27.5 Å². The van der Waals surface area contributed by atoms with Crippen LogP contribution in [0.1, 0.15) is 47.5 Å². The summed E-state index contributed by atoms with van der Waals surface area (Å²) in [6, 6.07) is -0.114. The molecule has 7 nitrogen and oxygen atoms in total. The first-order valence-corrected chi connectivity index (χ1v) is 10.7. The maximum Gasteiger partial charge on any atom is 0.412 e. The number of nitrogens with zero attached hydrogens (tertiary/aromatic N) is 1. The molecule has 1 fully saturated rings. The standard InChI is InChI=1S/C16H28BrNO6S/c1-15(2,3)24-14(19)18-13(11-22-16(18,4)5)9-7-8-12(17)10-23-25(6,20)21/h8,13H,7,9-11H2,1-6H3/b12-8-/t13-/m1/s1. The topological polar surface area (TPSA) is 82.1 Å². The van der Waals surface area contributed by atoms with Crippen LogP contribution < -0.4 is 0 Å². The van der Waals surface area contributed by atoms with E-state index in [0.29, 0.717) is 23.9 Å². The molecule has 1 saturated heterocycles. The van der Waals surface area contributed by atoms with E-state index in [1.807, 2.05) is 40.7 Å². The first-order valence-electron chi connectivity index (χ1n) is 8.06. The summed E-state index contributed by atoms with van der Waals surface area (Å²) in [6.07, 6.45) is 3.74. The van der Waals surface area contributed by atoms with Gasteiger partial charge < -0.3 is 9.47 Å². The van der Waals surface area contributed by atoms with Gasteiger partial charge in [0.15, 0.2) is 0 Å². The molecule has 146 valence electrons. The fraction of sp³-hybridized carbons (Fsp3) is 0.812. The van der Waals surface area contributed by atoms with E-state index in [1.54, 1.807) is 4.90 Å². The summed E-state index contributed by atoms with van der Waals surface area (Å²) in [7, 11) is -3.47. The van der Waals surface area contributed by atoms with E-state index in [4.69, 9.17) is 13.7 Å². The average Bonchev–Trinajstić information content (AvgIpc) is 2.69. The summed E-state index contributed by atoms with van der Waals surface area (Å²) >= 11 is 3.28. The number of carbonyl (C=O) groups is 1. The van der Waals surface area contributed by atoms with E-state index in [2.05, 4.69) is 15.9 Å². The second kappa shape index (κ2) is 8.37. The van der Waals surface area contributed by atoms with Gasteiger partial charge in [-0.05, 0) is 47.5 Å². The first-order chi connectivity index (χ1) is 11.2. The van der Waals surface area contributed by atoms with Crippen LogP contribution in [0.15, 0.2) is 10.6 Å². The molecule has 1 atom stereocenters. The van der Waals surface area contributed by atoms with Crippen molar-refractivity contribution < 1.29 is 26.9 Å². The molecule has 1 aliphatic rings. The zero-order valence-electron chi connectivity index (χ0n) is 15.7. The molecule has 1 heterocycles. The summed E-state index contributed by atoms with van der Waals surface area (Å²) in [5.74, 6) is 0. The summed E-state index contributed by atoms with van der Waals surface area (Å²) in [4.78, 5) is 14.1. The number of carbonyl (C=O) groups excluding carboxylic acids is 1. The second-order valence-corrected chi connectivity index (χ2v) is 10.1. The van der Waals surface area contributed by atoms with Crippen LogP contribution in [-0.2, 0) is 23.8 Å². The first kappa shape index (κ1) is 22.4. The molecule has 0 bridgehead atoms. The third-order valence-corrected chi connectivity index (χ3v) is 4.54. The highest BCUT2D eigenvalue weighted by Crippen LogP contribution is 2.31. The summed E-state index contributed by atoms with van der Waals surface area (Å²) in [5, 5.41) is 0. The van der Waals surface area contributed by atoms with Gasteiger partial charge in [-0.25, -0.2) is 4.79 Å². The molecule has 1 aliphatic heterocycles. The normalized spacial score (nSPS) is 21.5. The predicted octanol–water partition coefficient (Wildman–Crippen LogP) is 3.39. The molecule has 0 unspecified atom stereocenters. The van der Waals surface area contributed by atoms with Gasteiger partial charge in [-0.3, -0.25) is 9.08 Å². The highest BCUT2D eigenvalue weighted by atomic mass is 79.9. The van der Waals surface area contributed by atoms with Crippen LogP contribution in [0.5, 0.6) is 0 Å². The minimum absolute atomic E-state index is 0.0404. The maximum absolute atomic E-state index is 12.5. The Balaban J connectivity index is 2.66. The molecule has 0 aromatic heterocycles. The van der Waals surface area contributed by atoms with Crippen molar-refractivity contribution in [2.75, 3.05) is 19.5 Å². The highest BCUT2D eigenvalue weighted by molar-refractivity contribution is 9.11. The van der Waals surface area contributed by atoms with Crippen molar-refractivity contribution >= 4 is 32.1 Å². The van der Waals surface area contributed by atoms with Crippen LogP contribution in [0.2, 0.25) is 0 Å². The zero-order chi connectivity index (χ0) is 19.5. The number of hydrogen-bond donors (Lipinski definition) is 0. The molecular formula is C16H28BrNO6S. The average molecular weight is 442 g/mol. The van der Waals surface area contributed by atoms with E-state index in [-0.39, 0.29) is 12.6 Å². The lowest BCUT2D eigenvalue weighted by Gasteiger charge is -2.35. The smallest absolute Gasteiger partial charge is 0.412 e. The van der Waals surface area contributed by atoms with Gasteiger partial charge >= 0.3 is 6.09 Å². The second-order valence-electron chi connectivity index (χ2n) is 7.46. The van der Waals surface area contributed by atoms with Gasteiger partial charge in [0.1, 0.15) is 11.3 Å². The van der Waals surface area contributed by atoms with Crippen LogP contribution in [0, 0.1) is 0 Å². The quantitative estimate of drug-likeness (QED) is 0.587. The number of ether oxygens (including phenoxy) is 2. The van der Waals surface area contributed by atoms with Crippen molar-refractivity contribution in [2.24, 2.45) is 0 Å². The Kier molecular flexibility index (Phi) is 7.50. The number of amides is 1. The van der Waals surface area contributed by atoms with Crippen molar-refractivity contribution in [3.05, 3.63) is 10.6 Å². The summed E-state index contributed by atoms with van der Waals surface area (Å²) in [5.41, 5.74) is -1.31. The third kappa shape index (κ3) is 8.06. The van der Waals surface area contributed by atoms with E-state index in [0.717, 1.165) is 6.26 Å². The Morgan fingerprint density at radius 1 is 1.40 bits per heavy atom. The number of rotatable bonds is 6. The molecule has 0 aromatic carbocycles. The predicted molar refractivity (Wildman–Crippen MR) is 98.9 cm³/mol. The Labute approximate surface area is 158 Å². The molecule has 9 heteroatoms. The van der Waals surface area contributed by atoms with E-state index in [1.165, 1.54) is 0 Å². The van der Waals surface area contributed by atoms with Crippen LogP contribution in [-0.4, -0.2) is 56.2 Å². The Hall–Kier alpha value is -0.640. The van der Waals surface area contributed by atoms with Crippen LogP contribution in [0.3, 0.4) is 0 Å². The molecule has 0 aromatic rings. The van der Waals surface area contributed by atoms with Gasteiger partial charge in [0.2, 0.25) is 0 Å². The van der Waals surface area contributed by atoms with Gasteiger partial charge in [0.25, 0.3) is 10.1 Å². The molecule has 0 N–H and O–H groups in total. The van der Waals surface area contributed by atoms with Crippen molar-refractivity contribution in [1.82, 2.24) is 4.90 Å².